The number of amides is 1. The highest BCUT2D eigenvalue weighted by atomic mass is 19.1. The smallest absolute Gasteiger partial charge is 0.269 e. The zero-order valence-electron chi connectivity index (χ0n) is 17.8. The maximum absolute atomic E-state index is 13.4. The summed E-state index contributed by atoms with van der Waals surface area (Å²) in [6.07, 6.45) is 1.29. The van der Waals surface area contributed by atoms with Gasteiger partial charge in [-0.25, -0.2) is 4.39 Å². The normalized spacial score (nSPS) is 21.1. The first-order valence-corrected chi connectivity index (χ1v) is 10.7. The van der Waals surface area contributed by atoms with E-state index in [4.69, 9.17) is 0 Å². The average molecular weight is 426 g/mol. The van der Waals surface area contributed by atoms with Gasteiger partial charge in [-0.1, -0.05) is 6.92 Å². The van der Waals surface area contributed by atoms with Crippen molar-refractivity contribution < 1.29 is 14.1 Å². The van der Waals surface area contributed by atoms with Crippen molar-refractivity contribution in [3.63, 3.8) is 0 Å². The lowest BCUT2D eigenvalue weighted by Gasteiger charge is -2.49. The summed E-state index contributed by atoms with van der Waals surface area (Å²) in [6, 6.07) is 11.3. The van der Waals surface area contributed by atoms with Crippen LogP contribution in [0.4, 0.5) is 21.5 Å². The summed E-state index contributed by atoms with van der Waals surface area (Å²) in [5, 5.41) is 14.4. The van der Waals surface area contributed by atoms with Crippen molar-refractivity contribution in [2.75, 3.05) is 29.4 Å². The van der Waals surface area contributed by atoms with E-state index in [-0.39, 0.29) is 35.4 Å². The van der Waals surface area contributed by atoms with Crippen LogP contribution in [0.3, 0.4) is 0 Å². The second kappa shape index (κ2) is 8.53. The van der Waals surface area contributed by atoms with Crippen LogP contribution in [0, 0.1) is 21.8 Å². The number of piperazine rings is 1. The number of halogens is 1. The van der Waals surface area contributed by atoms with Crippen LogP contribution in [0.25, 0.3) is 0 Å². The van der Waals surface area contributed by atoms with Crippen molar-refractivity contribution in [3.8, 4) is 0 Å². The molecule has 0 spiro atoms. The molecule has 0 saturated carbocycles. The van der Waals surface area contributed by atoms with Gasteiger partial charge in [0.2, 0.25) is 5.91 Å². The molecule has 1 saturated heterocycles. The van der Waals surface area contributed by atoms with Gasteiger partial charge in [-0.3, -0.25) is 14.9 Å². The van der Waals surface area contributed by atoms with Crippen LogP contribution in [0.5, 0.6) is 0 Å². The quantitative estimate of drug-likeness (QED) is 0.585. The third-order valence-corrected chi connectivity index (χ3v) is 6.44. The van der Waals surface area contributed by atoms with Crippen molar-refractivity contribution in [2.45, 2.75) is 38.8 Å². The Morgan fingerprint density at radius 3 is 2.68 bits per heavy atom. The van der Waals surface area contributed by atoms with Crippen molar-refractivity contribution >= 4 is 23.0 Å². The number of nitrogens with one attached hydrogen (secondary N) is 1. The molecule has 8 heteroatoms. The first-order chi connectivity index (χ1) is 14.9. The summed E-state index contributed by atoms with van der Waals surface area (Å²) < 4.78 is 13.4. The van der Waals surface area contributed by atoms with Crippen molar-refractivity contribution in [1.82, 2.24) is 5.32 Å². The minimum atomic E-state index is -0.396. The van der Waals surface area contributed by atoms with Crippen LogP contribution in [0.15, 0.2) is 42.5 Å². The fraction of sp³-hybridized carbons (Fsp3) is 0.435. The topological polar surface area (TPSA) is 78.7 Å². The van der Waals surface area contributed by atoms with E-state index in [0.717, 1.165) is 29.9 Å². The molecular formula is C23H27FN4O3. The molecule has 1 amide bonds. The SMILES string of the molecule is CCC(C)NC(=O)C1Cc2cc([N+](=O)[O-])ccc2N2CCN(c3ccc(F)cc3)CC12. The first kappa shape index (κ1) is 21.1. The number of anilines is 2. The van der Waals surface area contributed by atoms with Crippen LogP contribution in [0.1, 0.15) is 25.8 Å². The number of benzene rings is 2. The van der Waals surface area contributed by atoms with Gasteiger partial charge in [0.15, 0.2) is 0 Å². The molecule has 2 aliphatic rings. The van der Waals surface area contributed by atoms with Gasteiger partial charge in [-0.05, 0) is 55.7 Å². The number of rotatable bonds is 5. The third kappa shape index (κ3) is 4.19. The highest BCUT2D eigenvalue weighted by Crippen LogP contribution is 2.38. The first-order valence-electron chi connectivity index (χ1n) is 10.7. The molecule has 2 aromatic carbocycles. The second-order valence-corrected chi connectivity index (χ2v) is 8.38. The Labute approximate surface area is 181 Å². The summed E-state index contributed by atoms with van der Waals surface area (Å²) in [5.74, 6) is -0.629. The Morgan fingerprint density at radius 1 is 1.26 bits per heavy atom. The largest absolute Gasteiger partial charge is 0.368 e. The van der Waals surface area contributed by atoms with Crippen molar-refractivity contribution in [2.24, 2.45) is 5.92 Å². The molecule has 2 heterocycles. The number of carbonyl (C=O) groups is 1. The summed E-state index contributed by atoms with van der Waals surface area (Å²) in [4.78, 5) is 28.5. The molecule has 0 aliphatic carbocycles. The Kier molecular flexibility index (Phi) is 5.80. The van der Waals surface area contributed by atoms with Crippen LogP contribution < -0.4 is 15.1 Å². The van der Waals surface area contributed by atoms with Gasteiger partial charge in [0, 0.05) is 49.2 Å². The van der Waals surface area contributed by atoms with E-state index in [1.54, 1.807) is 24.3 Å². The highest BCUT2D eigenvalue weighted by molar-refractivity contribution is 5.82. The Hall–Kier alpha value is -3.16. The molecule has 2 aromatic rings. The number of hydrogen-bond donors (Lipinski definition) is 1. The lowest BCUT2D eigenvalue weighted by atomic mass is 9.83. The average Bonchev–Trinajstić information content (AvgIpc) is 2.78. The number of carbonyl (C=O) groups excluding carboxylic acids is 1. The molecule has 4 rings (SSSR count). The zero-order chi connectivity index (χ0) is 22.1. The monoisotopic (exact) mass is 426 g/mol. The predicted molar refractivity (Wildman–Crippen MR) is 118 cm³/mol. The number of nitro benzene ring substituents is 1. The predicted octanol–water partition coefficient (Wildman–Crippen LogP) is 3.52. The molecule has 7 nitrogen and oxygen atoms in total. The Morgan fingerprint density at radius 2 is 2.00 bits per heavy atom. The molecular weight excluding hydrogens is 399 g/mol. The molecule has 3 unspecified atom stereocenters. The number of nitrogens with zero attached hydrogens (tertiary/aromatic N) is 3. The van der Waals surface area contributed by atoms with Crippen LogP contribution in [-0.2, 0) is 11.2 Å². The van der Waals surface area contributed by atoms with Crippen LogP contribution in [0.2, 0.25) is 0 Å². The summed E-state index contributed by atoms with van der Waals surface area (Å²) in [6.45, 7) is 6.02. The molecule has 2 aliphatic heterocycles. The van der Waals surface area contributed by atoms with Gasteiger partial charge in [0.1, 0.15) is 5.82 Å². The van der Waals surface area contributed by atoms with Crippen molar-refractivity contribution in [3.05, 3.63) is 64.0 Å². The van der Waals surface area contributed by atoms with Gasteiger partial charge in [0.25, 0.3) is 5.69 Å². The number of non-ortho nitro benzene ring substituents is 1. The van der Waals surface area contributed by atoms with E-state index in [9.17, 15) is 19.3 Å². The molecule has 0 aromatic heterocycles. The molecule has 1 N–H and O–H groups in total. The molecule has 1 fully saturated rings. The third-order valence-electron chi connectivity index (χ3n) is 6.44. The zero-order valence-corrected chi connectivity index (χ0v) is 17.8. The van der Waals surface area contributed by atoms with E-state index >= 15 is 0 Å². The molecule has 0 radical (unpaired) electrons. The Bertz CT molecular complexity index is 981. The minimum Gasteiger partial charge on any atom is -0.368 e. The number of nitro groups is 1. The maximum atomic E-state index is 13.4. The molecule has 31 heavy (non-hydrogen) atoms. The van der Waals surface area contributed by atoms with Gasteiger partial charge in [0.05, 0.1) is 16.9 Å². The van der Waals surface area contributed by atoms with Gasteiger partial charge < -0.3 is 15.1 Å². The van der Waals surface area contributed by atoms with Crippen molar-refractivity contribution in [1.29, 1.82) is 0 Å². The Balaban J connectivity index is 1.67. The van der Waals surface area contributed by atoms with Crippen LogP contribution >= 0.6 is 0 Å². The van der Waals surface area contributed by atoms with Crippen LogP contribution in [-0.4, -0.2) is 42.5 Å². The number of hydrogen-bond acceptors (Lipinski definition) is 5. The maximum Gasteiger partial charge on any atom is 0.269 e. The molecule has 0 bridgehead atoms. The van der Waals surface area contributed by atoms with E-state index in [2.05, 4.69) is 15.1 Å². The fourth-order valence-electron chi connectivity index (χ4n) is 4.56. The molecule has 164 valence electrons. The lowest BCUT2D eigenvalue weighted by molar-refractivity contribution is -0.384. The van der Waals surface area contributed by atoms with E-state index in [1.807, 2.05) is 13.8 Å². The summed E-state index contributed by atoms with van der Waals surface area (Å²) >= 11 is 0. The van der Waals surface area contributed by atoms with E-state index < -0.39 is 4.92 Å². The fourth-order valence-corrected chi connectivity index (χ4v) is 4.56. The molecule has 3 atom stereocenters. The summed E-state index contributed by atoms with van der Waals surface area (Å²) in [5.41, 5.74) is 2.77. The minimum absolute atomic E-state index is 0.0255. The van der Waals surface area contributed by atoms with E-state index in [1.165, 1.54) is 18.2 Å². The standard InChI is InChI=1S/C23H27FN4O3/c1-3-15(2)25-23(29)20-13-16-12-19(28(30)31)8-9-21(16)27-11-10-26(14-22(20)27)18-6-4-17(24)5-7-18/h4-9,12,15,20,22H,3,10-11,13-14H2,1-2H3,(H,25,29). The van der Waals surface area contributed by atoms with E-state index in [0.29, 0.717) is 19.5 Å². The second-order valence-electron chi connectivity index (χ2n) is 8.38. The number of fused-ring (bicyclic) bond motifs is 3. The van der Waals surface area contributed by atoms with Gasteiger partial charge in [-0.15, -0.1) is 0 Å². The van der Waals surface area contributed by atoms with Gasteiger partial charge in [-0.2, -0.15) is 0 Å². The summed E-state index contributed by atoms with van der Waals surface area (Å²) in [7, 11) is 0. The highest BCUT2D eigenvalue weighted by Gasteiger charge is 2.42. The lowest BCUT2D eigenvalue weighted by Crippen LogP contribution is -2.61. The van der Waals surface area contributed by atoms with Gasteiger partial charge >= 0.3 is 0 Å².